The van der Waals surface area contributed by atoms with Gasteiger partial charge in [0, 0.05) is 15.4 Å². The lowest BCUT2D eigenvalue weighted by molar-refractivity contribution is 0.0525. The van der Waals surface area contributed by atoms with Crippen molar-refractivity contribution in [3.63, 3.8) is 0 Å². The molecule has 124 valence electrons. The van der Waals surface area contributed by atoms with Gasteiger partial charge in [-0.3, -0.25) is 4.79 Å². The van der Waals surface area contributed by atoms with Crippen LogP contribution in [0.3, 0.4) is 0 Å². The number of rotatable bonds is 5. The highest BCUT2D eigenvalue weighted by atomic mass is 32.1. The van der Waals surface area contributed by atoms with Crippen molar-refractivity contribution in [2.45, 2.75) is 27.7 Å². The van der Waals surface area contributed by atoms with Crippen LogP contribution >= 0.6 is 11.3 Å². The Bertz CT molecular complexity index is 865. The number of allylic oxidation sites excluding steroid dienone is 1. The number of aromatic amines is 1. The van der Waals surface area contributed by atoms with E-state index in [1.165, 1.54) is 11.3 Å². The first kappa shape index (κ1) is 17.7. The molecule has 6 heteroatoms. The summed E-state index contributed by atoms with van der Waals surface area (Å²) in [6, 6.07) is 5.74. The maximum Gasteiger partial charge on any atom is 0.340 e. The van der Waals surface area contributed by atoms with Crippen molar-refractivity contribution >= 4 is 29.2 Å². The van der Waals surface area contributed by atoms with Crippen LogP contribution in [0.15, 0.2) is 17.7 Å². The number of ketones is 1. The first-order valence-corrected chi connectivity index (χ1v) is 8.29. The van der Waals surface area contributed by atoms with Gasteiger partial charge in [-0.05, 0) is 51.5 Å². The molecule has 0 atom stereocenters. The lowest BCUT2D eigenvalue weighted by atomic mass is 10.0. The largest absolute Gasteiger partial charge is 0.462 e. The third kappa shape index (κ3) is 3.47. The molecule has 5 nitrogen and oxygen atoms in total. The molecule has 0 aliphatic rings. The van der Waals surface area contributed by atoms with Crippen molar-refractivity contribution in [2.75, 3.05) is 6.61 Å². The predicted octanol–water partition coefficient (Wildman–Crippen LogP) is 3.97. The molecular formula is C18H18N2O3S. The van der Waals surface area contributed by atoms with E-state index < -0.39 is 11.8 Å². The number of thiophene rings is 1. The second kappa shape index (κ2) is 7.28. The first-order valence-electron chi connectivity index (χ1n) is 7.48. The Morgan fingerprint density at radius 1 is 1.33 bits per heavy atom. The van der Waals surface area contributed by atoms with Crippen molar-refractivity contribution in [3.05, 3.63) is 50.0 Å². The van der Waals surface area contributed by atoms with Crippen LogP contribution in [0.2, 0.25) is 0 Å². The van der Waals surface area contributed by atoms with E-state index in [2.05, 4.69) is 4.98 Å². The number of aromatic nitrogens is 1. The van der Waals surface area contributed by atoms with Crippen LogP contribution in [-0.2, 0) is 4.74 Å². The van der Waals surface area contributed by atoms with Crippen LogP contribution in [0.1, 0.15) is 48.8 Å². The Kier molecular flexibility index (Phi) is 5.37. The minimum atomic E-state index is -0.473. The SMILES string of the molecule is CCOC(=O)c1c(C)[nH]c(C(=O)/C(C#N)=C/c2ccc(C)s2)c1C. The Morgan fingerprint density at radius 2 is 2.04 bits per heavy atom. The number of hydrogen-bond donors (Lipinski definition) is 1. The minimum Gasteiger partial charge on any atom is -0.462 e. The summed E-state index contributed by atoms with van der Waals surface area (Å²) in [6.45, 7) is 7.32. The van der Waals surface area contributed by atoms with Gasteiger partial charge in [-0.25, -0.2) is 4.79 Å². The third-order valence-electron chi connectivity index (χ3n) is 3.56. The lowest BCUT2D eigenvalue weighted by Crippen LogP contribution is -2.08. The summed E-state index contributed by atoms with van der Waals surface area (Å²) in [5.74, 6) is -0.904. The van der Waals surface area contributed by atoms with Gasteiger partial charge in [0.25, 0.3) is 0 Å². The molecule has 0 aliphatic carbocycles. The topological polar surface area (TPSA) is 83.0 Å². The van der Waals surface area contributed by atoms with Gasteiger partial charge >= 0.3 is 5.97 Å². The van der Waals surface area contributed by atoms with Gasteiger partial charge in [0.2, 0.25) is 5.78 Å². The molecule has 2 aromatic rings. The molecule has 2 heterocycles. The molecule has 0 unspecified atom stereocenters. The standard InChI is InChI=1S/C18H18N2O3S/c1-5-23-18(22)15-11(3)16(20-12(15)4)17(21)13(9-19)8-14-7-6-10(2)24-14/h6-8,20H,5H2,1-4H3/b13-8+. The summed E-state index contributed by atoms with van der Waals surface area (Å²) in [7, 11) is 0. The van der Waals surface area contributed by atoms with Crippen LogP contribution in [0.4, 0.5) is 0 Å². The van der Waals surface area contributed by atoms with E-state index >= 15 is 0 Å². The Morgan fingerprint density at radius 3 is 2.58 bits per heavy atom. The Balaban J connectivity index is 2.42. The van der Waals surface area contributed by atoms with Gasteiger partial charge in [-0.15, -0.1) is 11.3 Å². The zero-order valence-electron chi connectivity index (χ0n) is 14.0. The number of carbonyl (C=O) groups is 2. The number of esters is 1. The Labute approximate surface area is 144 Å². The minimum absolute atomic E-state index is 0.0246. The van der Waals surface area contributed by atoms with E-state index in [0.29, 0.717) is 16.8 Å². The van der Waals surface area contributed by atoms with E-state index in [0.717, 1.165) is 9.75 Å². The van der Waals surface area contributed by atoms with E-state index in [1.54, 1.807) is 26.8 Å². The molecule has 0 saturated carbocycles. The normalized spacial score (nSPS) is 11.2. The second-order valence-corrected chi connectivity index (χ2v) is 6.61. The van der Waals surface area contributed by atoms with Crippen molar-refractivity contribution in [2.24, 2.45) is 0 Å². The van der Waals surface area contributed by atoms with Gasteiger partial charge in [0.15, 0.2) is 0 Å². The quantitative estimate of drug-likeness (QED) is 0.386. The summed E-state index contributed by atoms with van der Waals surface area (Å²) in [4.78, 5) is 29.6. The molecule has 2 aromatic heterocycles. The predicted molar refractivity (Wildman–Crippen MR) is 93.2 cm³/mol. The number of carbonyl (C=O) groups excluding carboxylic acids is 2. The molecule has 1 N–H and O–H groups in total. The fourth-order valence-electron chi connectivity index (χ4n) is 2.44. The smallest absolute Gasteiger partial charge is 0.340 e. The number of nitrogens with one attached hydrogen (secondary N) is 1. The molecule has 2 rings (SSSR count). The second-order valence-electron chi connectivity index (χ2n) is 5.29. The highest BCUT2D eigenvalue weighted by molar-refractivity contribution is 7.12. The first-order chi connectivity index (χ1) is 11.4. The number of nitriles is 1. The van der Waals surface area contributed by atoms with E-state index in [1.807, 2.05) is 25.1 Å². The number of Topliss-reactive ketones (excluding diaryl/α,β-unsaturated/α-hetero) is 1. The van der Waals surface area contributed by atoms with Crippen LogP contribution < -0.4 is 0 Å². The molecule has 0 fully saturated rings. The number of aryl methyl sites for hydroxylation is 2. The maximum atomic E-state index is 12.7. The molecular weight excluding hydrogens is 324 g/mol. The number of H-pyrrole nitrogens is 1. The van der Waals surface area contributed by atoms with Crippen LogP contribution in [0.25, 0.3) is 6.08 Å². The summed E-state index contributed by atoms with van der Waals surface area (Å²) in [6.07, 6.45) is 1.57. The van der Waals surface area contributed by atoms with Crippen molar-refractivity contribution in [1.82, 2.24) is 4.98 Å². The molecule has 0 aliphatic heterocycles. The molecule has 0 aromatic carbocycles. The number of hydrogen-bond acceptors (Lipinski definition) is 5. The molecule has 0 spiro atoms. The fourth-order valence-corrected chi connectivity index (χ4v) is 3.26. The van der Waals surface area contributed by atoms with Crippen molar-refractivity contribution in [1.29, 1.82) is 5.26 Å². The molecule has 0 radical (unpaired) electrons. The number of nitrogens with zero attached hydrogens (tertiary/aromatic N) is 1. The summed E-state index contributed by atoms with van der Waals surface area (Å²) < 4.78 is 5.02. The van der Waals surface area contributed by atoms with Gasteiger partial charge in [0.1, 0.15) is 11.6 Å². The highest BCUT2D eigenvalue weighted by Crippen LogP contribution is 2.24. The zero-order chi connectivity index (χ0) is 17.9. The monoisotopic (exact) mass is 342 g/mol. The molecule has 0 bridgehead atoms. The molecule has 0 saturated heterocycles. The maximum absolute atomic E-state index is 12.7. The van der Waals surface area contributed by atoms with Gasteiger partial charge in [-0.2, -0.15) is 5.26 Å². The summed E-state index contributed by atoms with van der Waals surface area (Å²) in [5, 5.41) is 9.35. The average Bonchev–Trinajstić information content (AvgIpc) is 3.07. The van der Waals surface area contributed by atoms with Gasteiger partial charge in [0.05, 0.1) is 17.9 Å². The van der Waals surface area contributed by atoms with Crippen LogP contribution in [0, 0.1) is 32.1 Å². The molecule has 24 heavy (non-hydrogen) atoms. The van der Waals surface area contributed by atoms with E-state index in [4.69, 9.17) is 4.74 Å². The summed E-state index contributed by atoms with van der Waals surface area (Å²) >= 11 is 1.50. The van der Waals surface area contributed by atoms with Crippen LogP contribution in [-0.4, -0.2) is 23.3 Å². The van der Waals surface area contributed by atoms with Gasteiger partial charge < -0.3 is 9.72 Å². The van der Waals surface area contributed by atoms with E-state index in [9.17, 15) is 14.9 Å². The zero-order valence-corrected chi connectivity index (χ0v) is 14.8. The number of ether oxygens (including phenoxy) is 1. The summed E-state index contributed by atoms with van der Waals surface area (Å²) in [5.41, 5.74) is 1.68. The highest BCUT2D eigenvalue weighted by Gasteiger charge is 2.24. The van der Waals surface area contributed by atoms with E-state index in [-0.39, 0.29) is 17.9 Å². The van der Waals surface area contributed by atoms with Crippen LogP contribution in [0.5, 0.6) is 0 Å². The van der Waals surface area contributed by atoms with Crippen molar-refractivity contribution < 1.29 is 14.3 Å². The molecule has 0 amide bonds. The lowest BCUT2D eigenvalue weighted by Gasteiger charge is -2.02. The Hall–Kier alpha value is -2.65. The third-order valence-corrected chi connectivity index (χ3v) is 4.50. The van der Waals surface area contributed by atoms with Gasteiger partial charge in [-0.1, -0.05) is 0 Å². The fraction of sp³-hybridized carbons (Fsp3) is 0.278. The average molecular weight is 342 g/mol. The van der Waals surface area contributed by atoms with Crippen molar-refractivity contribution in [3.8, 4) is 6.07 Å².